The average molecular weight is 295 g/mol. The van der Waals surface area contributed by atoms with Gasteiger partial charge in [0.2, 0.25) is 0 Å². The number of hydrogen-bond acceptors (Lipinski definition) is 3. The molecule has 1 unspecified atom stereocenters. The van der Waals surface area contributed by atoms with Crippen molar-refractivity contribution in [3.63, 3.8) is 0 Å². The third-order valence-corrected chi connectivity index (χ3v) is 3.30. The van der Waals surface area contributed by atoms with Crippen LogP contribution in [0.15, 0.2) is 24.3 Å². The number of carboxylic acids is 1. The Hall–Kier alpha value is -2.11. The van der Waals surface area contributed by atoms with E-state index < -0.39 is 23.8 Å². The van der Waals surface area contributed by atoms with Crippen LogP contribution in [0.5, 0.6) is 5.75 Å². The van der Waals surface area contributed by atoms with E-state index >= 15 is 0 Å². The van der Waals surface area contributed by atoms with Gasteiger partial charge in [-0.1, -0.05) is 12.1 Å². The lowest BCUT2D eigenvalue weighted by Gasteiger charge is -2.24. The van der Waals surface area contributed by atoms with Crippen LogP contribution in [-0.2, 0) is 9.59 Å². The third kappa shape index (κ3) is 4.44. The first kappa shape index (κ1) is 15.3. The van der Waals surface area contributed by atoms with Gasteiger partial charge >= 0.3 is 5.97 Å². The van der Waals surface area contributed by atoms with E-state index in [1.807, 2.05) is 0 Å². The number of carboxylic acid groups (broad SMARTS) is 1. The minimum atomic E-state index is -1.07. The van der Waals surface area contributed by atoms with E-state index in [0.717, 1.165) is 12.8 Å². The highest BCUT2D eigenvalue weighted by Gasteiger charge is 2.31. The lowest BCUT2D eigenvalue weighted by molar-refractivity contribution is -0.147. The fraction of sp³-hybridized carbons (Fsp3) is 0.467. The molecule has 1 aliphatic rings. The molecular formula is C15H18FNO4. The Kier molecular flexibility index (Phi) is 4.77. The van der Waals surface area contributed by atoms with Crippen molar-refractivity contribution in [1.29, 1.82) is 0 Å². The molecule has 2 rings (SSSR count). The molecule has 1 atom stereocenters. The number of halogens is 1. The van der Waals surface area contributed by atoms with Gasteiger partial charge in [-0.2, -0.15) is 0 Å². The van der Waals surface area contributed by atoms with Crippen molar-refractivity contribution in [2.24, 2.45) is 5.92 Å². The highest BCUT2D eigenvalue weighted by atomic mass is 19.1. The Labute approximate surface area is 122 Å². The van der Waals surface area contributed by atoms with E-state index in [1.165, 1.54) is 30.0 Å². The number of para-hydroxylation sites is 1. The molecule has 1 fully saturated rings. The summed E-state index contributed by atoms with van der Waals surface area (Å²) in [5, 5.41) is 8.89. The Morgan fingerprint density at radius 3 is 2.67 bits per heavy atom. The zero-order valence-electron chi connectivity index (χ0n) is 11.8. The van der Waals surface area contributed by atoms with Gasteiger partial charge in [0.25, 0.3) is 5.91 Å². The molecular weight excluding hydrogens is 277 g/mol. The van der Waals surface area contributed by atoms with Crippen molar-refractivity contribution >= 4 is 11.9 Å². The number of amides is 1. The summed E-state index contributed by atoms with van der Waals surface area (Å²) in [7, 11) is 0. The molecule has 0 heterocycles. The summed E-state index contributed by atoms with van der Waals surface area (Å²) in [5.74, 6) is -1.70. The van der Waals surface area contributed by atoms with Crippen LogP contribution in [0.1, 0.15) is 19.8 Å². The molecule has 1 amide bonds. The smallest absolute Gasteiger partial charge is 0.323 e. The molecule has 114 valence electrons. The van der Waals surface area contributed by atoms with Gasteiger partial charge in [0.15, 0.2) is 17.7 Å². The van der Waals surface area contributed by atoms with Gasteiger partial charge in [-0.25, -0.2) is 4.39 Å². The van der Waals surface area contributed by atoms with Gasteiger partial charge in [0, 0.05) is 6.54 Å². The zero-order valence-corrected chi connectivity index (χ0v) is 11.8. The third-order valence-electron chi connectivity index (χ3n) is 3.30. The molecule has 1 N–H and O–H groups in total. The van der Waals surface area contributed by atoms with Crippen LogP contribution >= 0.6 is 0 Å². The van der Waals surface area contributed by atoms with Crippen LogP contribution in [0.2, 0.25) is 0 Å². The monoisotopic (exact) mass is 295 g/mol. The summed E-state index contributed by atoms with van der Waals surface area (Å²) in [5.41, 5.74) is 0. The molecule has 1 saturated carbocycles. The summed E-state index contributed by atoms with van der Waals surface area (Å²) >= 11 is 0. The minimum absolute atomic E-state index is 0.0138. The zero-order chi connectivity index (χ0) is 15.4. The number of ether oxygens (including phenoxy) is 1. The number of hydrogen-bond donors (Lipinski definition) is 1. The van der Waals surface area contributed by atoms with Crippen molar-refractivity contribution in [3.05, 3.63) is 30.1 Å². The second-order valence-electron chi connectivity index (χ2n) is 5.25. The van der Waals surface area contributed by atoms with E-state index in [2.05, 4.69) is 0 Å². The van der Waals surface area contributed by atoms with Crippen LogP contribution in [0.25, 0.3) is 0 Å². The summed E-state index contributed by atoms with van der Waals surface area (Å²) in [6.07, 6.45) is 1.08. The predicted molar refractivity (Wildman–Crippen MR) is 73.4 cm³/mol. The van der Waals surface area contributed by atoms with E-state index in [4.69, 9.17) is 9.84 Å². The number of benzene rings is 1. The van der Waals surface area contributed by atoms with Crippen LogP contribution in [0.3, 0.4) is 0 Å². The van der Waals surface area contributed by atoms with Crippen molar-refractivity contribution in [2.45, 2.75) is 25.9 Å². The van der Waals surface area contributed by atoms with Crippen LogP contribution in [0.4, 0.5) is 4.39 Å². The molecule has 0 spiro atoms. The van der Waals surface area contributed by atoms with E-state index in [1.54, 1.807) is 6.07 Å². The standard InChI is InChI=1S/C15H18FNO4/c1-10(21-13-5-3-2-4-12(13)16)15(20)17(9-14(18)19)8-11-6-7-11/h2-5,10-11H,6-9H2,1H3,(H,18,19). The second-order valence-corrected chi connectivity index (χ2v) is 5.25. The highest BCUT2D eigenvalue weighted by molar-refractivity contribution is 5.84. The largest absolute Gasteiger partial charge is 0.480 e. The maximum atomic E-state index is 13.5. The van der Waals surface area contributed by atoms with E-state index in [9.17, 15) is 14.0 Å². The van der Waals surface area contributed by atoms with E-state index in [0.29, 0.717) is 12.5 Å². The molecule has 6 heteroatoms. The summed E-state index contributed by atoms with van der Waals surface area (Å²) in [4.78, 5) is 24.4. The first-order chi connectivity index (χ1) is 9.97. The maximum Gasteiger partial charge on any atom is 0.323 e. The molecule has 1 aromatic rings. The van der Waals surface area contributed by atoms with Crippen molar-refractivity contribution in [3.8, 4) is 5.75 Å². The molecule has 21 heavy (non-hydrogen) atoms. The molecule has 0 bridgehead atoms. The molecule has 5 nitrogen and oxygen atoms in total. The summed E-state index contributed by atoms with van der Waals surface area (Å²) < 4.78 is 18.8. The Bertz CT molecular complexity index is 530. The maximum absolute atomic E-state index is 13.5. The molecule has 0 aromatic heterocycles. The fourth-order valence-electron chi connectivity index (χ4n) is 2.05. The molecule has 0 aliphatic heterocycles. The van der Waals surface area contributed by atoms with Crippen LogP contribution in [0, 0.1) is 11.7 Å². The van der Waals surface area contributed by atoms with Crippen molar-refractivity contribution in [1.82, 2.24) is 4.90 Å². The van der Waals surface area contributed by atoms with Gasteiger partial charge in [0.1, 0.15) is 6.54 Å². The second kappa shape index (κ2) is 6.56. The molecule has 0 saturated heterocycles. The fourth-order valence-corrected chi connectivity index (χ4v) is 2.05. The number of rotatable bonds is 7. The van der Waals surface area contributed by atoms with Gasteiger partial charge < -0.3 is 14.7 Å². The minimum Gasteiger partial charge on any atom is -0.480 e. The van der Waals surface area contributed by atoms with Gasteiger partial charge in [-0.15, -0.1) is 0 Å². The number of carbonyl (C=O) groups is 2. The van der Waals surface area contributed by atoms with Crippen LogP contribution in [-0.4, -0.2) is 41.1 Å². The number of carbonyl (C=O) groups excluding carboxylic acids is 1. The SMILES string of the molecule is CC(Oc1ccccc1F)C(=O)N(CC(=O)O)CC1CC1. The van der Waals surface area contributed by atoms with E-state index in [-0.39, 0.29) is 12.3 Å². The Balaban J connectivity index is 2.01. The average Bonchev–Trinajstić information content (AvgIpc) is 3.23. The quantitative estimate of drug-likeness (QED) is 0.834. The number of nitrogens with zero attached hydrogens (tertiary/aromatic N) is 1. The topological polar surface area (TPSA) is 66.8 Å². The molecule has 1 aromatic carbocycles. The van der Waals surface area contributed by atoms with Gasteiger partial charge in [0.05, 0.1) is 0 Å². The van der Waals surface area contributed by atoms with Crippen molar-refractivity contribution in [2.75, 3.05) is 13.1 Å². The first-order valence-corrected chi connectivity index (χ1v) is 6.89. The lowest BCUT2D eigenvalue weighted by Crippen LogP contribution is -2.44. The van der Waals surface area contributed by atoms with Crippen molar-refractivity contribution < 1.29 is 23.8 Å². The summed E-state index contributed by atoms with van der Waals surface area (Å²) in [6.45, 7) is 1.55. The normalized spacial score (nSPS) is 15.3. The predicted octanol–water partition coefficient (Wildman–Crippen LogP) is 1.92. The molecule has 0 radical (unpaired) electrons. The molecule has 1 aliphatic carbocycles. The van der Waals surface area contributed by atoms with Crippen LogP contribution < -0.4 is 4.74 Å². The Morgan fingerprint density at radius 1 is 1.43 bits per heavy atom. The highest BCUT2D eigenvalue weighted by Crippen LogP contribution is 2.30. The summed E-state index contributed by atoms with van der Waals surface area (Å²) in [6, 6.07) is 5.81. The first-order valence-electron chi connectivity index (χ1n) is 6.89. The number of aliphatic carboxylic acids is 1. The lowest BCUT2D eigenvalue weighted by atomic mass is 10.2. The van der Waals surface area contributed by atoms with Gasteiger partial charge in [-0.3, -0.25) is 9.59 Å². The van der Waals surface area contributed by atoms with Gasteiger partial charge in [-0.05, 0) is 37.8 Å². The Morgan fingerprint density at radius 2 is 2.10 bits per heavy atom.